The minimum atomic E-state index is -0.610. The van der Waals surface area contributed by atoms with Gasteiger partial charge in [0, 0.05) is 18.2 Å². The topological polar surface area (TPSA) is 88.1 Å². The van der Waals surface area contributed by atoms with Crippen molar-refractivity contribution in [1.29, 1.82) is 0 Å². The number of amides is 3. The van der Waals surface area contributed by atoms with Crippen LogP contribution in [0.4, 0.5) is 10.6 Å². The summed E-state index contributed by atoms with van der Waals surface area (Å²) in [4.78, 5) is 23.8. The standard InChI is InChI=1S/C22H23N5O2/c1-2-7-15-8-6-9-16(12-15)19-13-20(25-21(28)18-14-23-22(29)24-18)26-27(19)17-10-4-3-5-11-17/h3-6,8-13,18H,2,7,14H2,1H3,(H2,23,24,29)(H,25,26,28)/t18-/m1/s1. The number of nitrogens with zero attached hydrogens (tertiary/aromatic N) is 2. The lowest BCUT2D eigenvalue weighted by Crippen LogP contribution is -2.38. The van der Waals surface area contributed by atoms with E-state index in [0.29, 0.717) is 5.82 Å². The Balaban J connectivity index is 1.69. The van der Waals surface area contributed by atoms with Crippen molar-refractivity contribution in [2.75, 3.05) is 11.9 Å². The maximum atomic E-state index is 12.5. The maximum Gasteiger partial charge on any atom is 0.315 e. The summed E-state index contributed by atoms with van der Waals surface area (Å²) >= 11 is 0. The first-order chi connectivity index (χ1) is 14.1. The summed E-state index contributed by atoms with van der Waals surface area (Å²) in [7, 11) is 0. The van der Waals surface area contributed by atoms with E-state index in [4.69, 9.17) is 0 Å². The van der Waals surface area contributed by atoms with E-state index in [0.717, 1.165) is 29.8 Å². The van der Waals surface area contributed by atoms with Gasteiger partial charge in [0.15, 0.2) is 5.82 Å². The first-order valence-electron chi connectivity index (χ1n) is 9.74. The summed E-state index contributed by atoms with van der Waals surface area (Å²) in [6, 6.07) is 19.1. The number of benzene rings is 2. The number of urea groups is 1. The van der Waals surface area contributed by atoms with Crippen molar-refractivity contribution in [2.45, 2.75) is 25.8 Å². The number of aromatic nitrogens is 2. The number of rotatable bonds is 6. The van der Waals surface area contributed by atoms with Crippen molar-refractivity contribution in [1.82, 2.24) is 20.4 Å². The summed E-state index contributed by atoms with van der Waals surface area (Å²) in [6.07, 6.45) is 2.08. The van der Waals surface area contributed by atoms with Crippen molar-refractivity contribution in [3.63, 3.8) is 0 Å². The molecular formula is C22H23N5O2. The number of hydrogen-bond acceptors (Lipinski definition) is 3. The molecule has 1 fully saturated rings. The molecule has 0 unspecified atom stereocenters. The number of carbonyl (C=O) groups excluding carboxylic acids is 2. The molecule has 148 valence electrons. The second-order valence-corrected chi connectivity index (χ2v) is 7.01. The molecule has 1 aliphatic rings. The molecule has 1 aromatic heterocycles. The molecule has 0 saturated carbocycles. The van der Waals surface area contributed by atoms with Gasteiger partial charge in [0.2, 0.25) is 5.91 Å². The maximum absolute atomic E-state index is 12.5. The highest BCUT2D eigenvalue weighted by molar-refractivity contribution is 5.98. The first-order valence-corrected chi connectivity index (χ1v) is 9.74. The lowest BCUT2D eigenvalue weighted by Gasteiger charge is -2.09. The Bertz CT molecular complexity index is 1030. The van der Waals surface area contributed by atoms with Gasteiger partial charge in [-0.25, -0.2) is 9.48 Å². The van der Waals surface area contributed by atoms with Gasteiger partial charge in [-0.2, -0.15) is 0 Å². The smallest absolute Gasteiger partial charge is 0.315 e. The van der Waals surface area contributed by atoms with E-state index in [1.165, 1.54) is 5.56 Å². The zero-order chi connectivity index (χ0) is 20.2. The Morgan fingerprint density at radius 1 is 1.17 bits per heavy atom. The van der Waals surface area contributed by atoms with E-state index in [1.54, 1.807) is 0 Å². The van der Waals surface area contributed by atoms with E-state index in [2.05, 4.69) is 40.1 Å². The molecule has 1 atom stereocenters. The molecule has 1 aliphatic heterocycles. The minimum absolute atomic E-state index is 0.260. The van der Waals surface area contributed by atoms with Crippen LogP contribution in [0, 0.1) is 0 Å². The Kier molecular flexibility index (Phi) is 5.29. The van der Waals surface area contributed by atoms with Crippen LogP contribution in [0.25, 0.3) is 16.9 Å². The summed E-state index contributed by atoms with van der Waals surface area (Å²) < 4.78 is 1.83. The van der Waals surface area contributed by atoms with Crippen molar-refractivity contribution in [2.24, 2.45) is 0 Å². The van der Waals surface area contributed by atoms with Crippen LogP contribution in [0.1, 0.15) is 18.9 Å². The van der Waals surface area contributed by atoms with Gasteiger partial charge in [-0.05, 0) is 30.2 Å². The highest BCUT2D eigenvalue weighted by Gasteiger charge is 2.27. The summed E-state index contributed by atoms with van der Waals surface area (Å²) in [5.74, 6) is 0.142. The van der Waals surface area contributed by atoms with E-state index in [1.807, 2.05) is 53.2 Å². The van der Waals surface area contributed by atoms with Crippen LogP contribution >= 0.6 is 0 Å². The zero-order valence-electron chi connectivity index (χ0n) is 16.2. The number of hydrogen-bond donors (Lipinski definition) is 3. The molecule has 3 amide bonds. The van der Waals surface area contributed by atoms with Crippen molar-refractivity contribution in [3.05, 3.63) is 66.2 Å². The molecule has 4 rings (SSSR count). The zero-order valence-corrected chi connectivity index (χ0v) is 16.2. The summed E-state index contributed by atoms with van der Waals surface area (Å²) in [5, 5.41) is 12.6. The summed E-state index contributed by atoms with van der Waals surface area (Å²) in [5.41, 5.74) is 4.08. The van der Waals surface area contributed by atoms with Crippen molar-refractivity contribution < 1.29 is 9.59 Å². The molecule has 1 saturated heterocycles. The predicted molar refractivity (Wildman–Crippen MR) is 112 cm³/mol. The average molecular weight is 389 g/mol. The number of para-hydroxylation sites is 1. The number of aryl methyl sites for hydroxylation is 1. The molecule has 0 radical (unpaired) electrons. The predicted octanol–water partition coefficient (Wildman–Crippen LogP) is 3.11. The largest absolute Gasteiger partial charge is 0.336 e. The molecule has 2 heterocycles. The molecule has 2 aromatic carbocycles. The van der Waals surface area contributed by atoms with Gasteiger partial charge in [-0.15, -0.1) is 5.10 Å². The van der Waals surface area contributed by atoms with Crippen LogP contribution in [-0.4, -0.2) is 34.3 Å². The monoisotopic (exact) mass is 389 g/mol. The molecule has 29 heavy (non-hydrogen) atoms. The highest BCUT2D eigenvalue weighted by Crippen LogP contribution is 2.27. The Morgan fingerprint density at radius 3 is 2.72 bits per heavy atom. The molecular weight excluding hydrogens is 366 g/mol. The fourth-order valence-electron chi connectivity index (χ4n) is 3.42. The molecule has 7 heteroatoms. The number of nitrogens with one attached hydrogen (secondary N) is 3. The van der Waals surface area contributed by atoms with Gasteiger partial charge in [-0.1, -0.05) is 49.7 Å². The third-order valence-electron chi connectivity index (χ3n) is 4.81. The fourth-order valence-corrected chi connectivity index (χ4v) is 3.42. The van der Waals surface area contributed by atoms with Gasteiger partial charge >= 0.3 is 6.03 Å². The van der Waals surface area contributed by atoms with Crippen molar-refractivity contribution in [3.8, 4) is 16.9 Å². The van der Waals surface area contributed by atoms with E-state index in [9.17, 15) is 9.59 Å². The van der Waals surface area contributed by atoms with E-state index in [-0.39, 0.29) is 18.5 Å². The second-order valence-electron chi connectivity index (χ2n) is 7.01. The normalized spacial score (nSPS) is 15.6. The average Bonchev–Trinajstić information content (AvgIpc) is 3.36. The molecule has 3 aromatic rings. The van der Waals surface area contributed by atoms with Gasteiger partial charge in [-0.3, -0.25) is 4.79 Å². The van der Waals surface area contributed by atoms with Crippen LogP contribution in [0.3, 0.4) is 0 Å². The molecule has 0 aliphatic carbocycles. The van der Waals surface area contributed by atoms with Crippen LogP contribution in [0.15, 0.2) is 60.7 Å². The molecule has 0 spiro atoms. The number of anilines is 1. The lowest BCUT2D eigenvalue weighted by atomic mass is 10.0. The van der Waals surface area contributed by atoms with Gasteiger partial charge in [0.05, 0.1) is 11.4 Å². The Morgan fingerprint density at radius 2 is 2.00 bits per heavy atom. The third-order valence-corrected chi connectivity index (χ3v) is 4.81. The van der Waals surface area contributed by atoms with E-state index >= 15 is 0 Å². The fraction of sp³-hybridized carbons (Fsp3) is 0.227. The minimum Gasteiger partial charge on any atom is -0.336 e. The number of carbonyl (C=O) groups is 2. The Hall–Kier alpha value is -3.61. The molecule has 3 N–H and O–H groups in total. The summed E-state index contributed by atoms with van der Waals surface area (Å²) in [6.45, 7) is 2.42. The van der Waals surface area contributed by atoms with Crippen LogP contribution < -0.4 is 16.0 Å². The van der Waals surface area contributed by atoms with Crippen LogP contribution in [0.5, 0.6) is 0 Å². The van der Waals surface area contributed by atoms with Crippen molar-refractivity contribution >= 4 is 17.8 Å². The quantitative estimate of drug-likeness (QED) is 0.605. The second kappa shape index (κ2) is 8.18. The molecule has 0 bridgehead atoms. The van der Waals surface area contributed by atoms with Gasteiger partial charge in [0.25, 0.3) is 0 Å². The van der Waals surface area contributed by atoms with Gasteiger partial charge < -0.3 is 16.0 Å². The molecule has 7 nitrogen and oxygen atoms in total. The highest BCUT2D eigenvalue weighted by atomic mass is 16.2. The van der Waals surface area contributed by atoms with Gasteiger partial charge in [0.1, 0.15) is 6.04 Å². The first kappa shape index (κ1) is 18.7. The van der Waals surface area contributed by atoms with E-state index < -0.39 is 6.04 Å². The van der Waals surface area contributed by atoms with Crippen LogP contribution in [-0.2, 0) is 11.2 Å². The Labute approximate surface area is 169 Å². The van der Waals surface area contributed by atoms with Crippen LogP contribution in [0.2, 0.25) is 0 Å². The SMILES string of the molecule is CCCc1cccc(-c2cc(NC(=O)[C@H]3CNC(=O)N3)nn2-c2ccccc2)c1. The lowest BCUT2D eigenvalue weighted by molar-refractivity contribution is -0.117. The third kappa shape index (κ3) is 4.13.